The molecule has 0 unspecified atom stereocenters. The van der Waals surface area contributed by atoms with Gasteiger partial charge in [-0.25, -0.2) is 12.8 Å². The molecule has 0 atom stereocenters. The molecule has 0 aliphatic carbocycles. The number of rotatable bonds is 3. The van der Waals surface area contributed by atoms with E-state index in [1.807, 2.05) is 0 Å². The molecular weight excluding hydrogens is 315 g/mol. The molecule has 0 aromatic heterocycles. The number of sulfonamides is 1. The van der Waals surface area contributed by atoms with Crippen molar-refractivity contribution in [1.82, 2.24) is 0 Å². The van der Waals surface area contributed by atoms with Gasteiger partial charge >= 0.3 is 0 Å². The summed E-state index contributed by atoms with van der Waals surface area (Å²) < 4.78 is 41.0. The SMILES string of the molecule is Cc1ccc(N)c(C)c1S(=O)(=O)Nc1cccc(Cl)c1F. The lowest BCUT2D eigenvalue weighted by molar-refractivity contribution is 0.597. The molecule has 0 saturated heterocycles. The Morgan fingerprint density at radius 2 is 1.86 bits per heavy atom. The summed E-state index contributed by atoms with van der Waals surface area (Å²) in [6.07, 6.45) is 0. The number of nitrogens with one attached hydrogen (secondary N) is 1. The first-order valence-electron chi connectivity index (χ1n) is 6.06. The fourth-order valence-corrected chi connectivity index (χ4v) is 3.77. The van der Waals surface area contributed by atoms with Crippen molar-refractivity contribution in [1.29, 1.82) is 0 Å². The summed E-state index contributed by atoms with van der Waals surface area (Å²) in [6.45, 7) is 3.25. The number of hydrogen-bond donors (Lipinski definition) is 2. The standard InChI is InChI=1S/C14H14ClFN2O2S/c1-8-6-7-11(17)9(2)14(8)21(19,20)18-12-5-3-4-10(15)13(12)16/h3-7,18H,17H2,1-2H3. The molecule has 2 aromatic rings. The number of hydrogen-bond acceptors (Lipinski definition) is 3. The maximum Gasteiger partial charge on any atom is 0.262 e. The number of anilines is 2. The van der Waals surface area contributed by atoms with Crippen LogP contribution in [-0.2, 0) is 10.0 Å². The molecule has 21 heavy (non-hydrogen) atoms. The molecule has 0 saturated carbocycles. The van der Waals surface area contributed by atoms with E-state index in [0.717, 1.165) is 0 Å². The van der Waals surface area contributed by atoms with E-state index in [1.165, 1.54) is 18.2 Å². The minimum atomic E-state index is -3.97. The molecule has 112 valence electrons. The van der Waals surface area contributed by atoms with Gasteiger partial charge in [0.1, 0.15) is 0 Å². The Balaban J connectivity index is 2.54. The van der Waals surface area contributed by atoms with Crippen LogP contribution in [0.3, 0.4) is 0 Å². The number of benzene rings is 2. The van der Waals surface area contributed by atoms with Crippen LogP contribution in [0.1, 0.15) is 11.1 Å². The maximum absolute atomic E-state index is 13.8. The minimum absolute atomic E-state index is 0.0434. The van der Waals surface area contributed by atoms with Crippen LogP contribution in [0.5, 0.6) is 0 Å². The zero-order valence-electron chi connectivity index (χ0n) is 11.4. The number of nitrogens with two attached hydrogens (primary N) is 1. The van der Waals surface area contributed by atoms with Crippen molar-refractivity contribution in [3.8, 4) is 0 Å². The molecule has 0 bridgehead atoms. The van der Waals surface area contributed by atoms with Crippen molar-refractivity contribution in [2.45, 2.75) is 18.7 Å². The monoisotopic (exact) mass is 328 g/mol. The first kappa shape index (κ1) is 15.6. The lowest BCUT2D eigenvalue weighted by Crippen LogP contribution is -2.17. The average Bonchev–Trinajstić information content (AvgIpc) is 2.39. The Morgan fingerprint density at radius 3 is 2.52 bits per heavy atom. The van der Waals surface area contributed by atoms with E-state index in [1.54, 1.807) is 26.0 Å². The third kappa shape index (κ3) is 2.96. The van der Waals surface area contributed by atoms with E-state index in [4.69, 9.17) is 17.3 Å². The van der Waals surface area contributed by atoms with Crippen molar-refractivity contribution in [2.24, 2.45) is 0 Å². The highest BCUT2D eigenvalue weighted by molar-refractivity contribution is 7.92. The van der Waals surface area contributed by atoms with E-state index in [-0.39, 0.29) is 15.6 Å². The largest absolute Gasteiger partial charge is 0.398 e. The quantitative estimate of drug-likeness (QED) is 0.847. The van der Waals surface area contributed by atoms with E-state index >= 15 is 0 Å². The summed E-state index contributed by atoms with van der Waals surface area (Å²) >= 11 is 5.65. The molecule has 0 heterocycles. The summed E-state index contributed by atoms with van der Waals surface area (Å²) in [5.41, 5.74) is 6.84. The highest BCUT2D eigenvalue weighted by atomic mass is 35.5. The number of halogens is 2. The predicted octanol–water partition coefficient (Wildman–Crippen LogP) is 3.48. The normalized spacial score (nSPS) is 11.4. The van der Waals surface area contributed by atoms with Gasteiger partial charge in [-0.15, -0.1) is 0 Å². The van der Waals surface area contributed by atoms with Gasteiger partial charge in [0, 0.05) is 5.69 Å². The van der Waals surface area contributed by atoms with Crippen LogP contribution in [0.25, 0.3) is 0 Å². The van der Waals surface area contributed by atoms with Crippen LogP contribution in [0.4, 0.5) is 15.8 Å². The topological polar surface area (TPSA) is 72.2 Å². The molecule has 7 heteroatoms. The van der Waals surface area contributed by atoms with Crippen LogP contribution in [-0.4, -0.2) is 8.42 Å². The van der Waals surface area contributed by atoms with Crippen molar-refractivity contribution in [3.63, 3.8) is 0 Å². The Morgan fingerprint density at radius 1 is 1.19 bits per heavy atom. The first-order valence-corrected chi connectivity index (χ1v) is 7.92. The van der Waals surface area contributed by atoms with Crippen LogP contribution in [0.15, 0.2) is 35.2 Å². The lowest BCUT2D eigenvalue weighted by atomic mass is 10.1. The first-order chi connectivity index (χ1) is 9.74. The second-order valence-corrected chi connectivity index (χ2v) is 6.66. The van der Waals surface area contributed by atoms with Gasteiger partial charge in [-0.1, -0.05) is 23.7 Å². The Hall–Kier alpha value is -1.79. The molecule has 0 aliphatic rings. The van der Waals surface area contributed by atoms with Crippen LogP contribution in [0.2, 0.25) is 5.02 Å². The maximum atomic E-state index is 13.8. The third-order valence-corrected chi connectivity index (χ3v) is 5.06. The molecule has 0 aliphatic heterocycles. The Labute approximate surface area is 127 Å². The summed E-state index contributed by atoms with van der Waals surface area (Å²) in [7, 11) is -3.97. The second kappa shape index (κ2) is 5.54. The van der Waals surface area contributed by atoms with Gasteiger partial charge in [0.15, 0.2) is 5.82 Å². The van der Waals surface area contributed by atoms with Gasteiger partial charge in [0.05, 0.1) is 15.6 Å². The molecular formula is C14H14ClFN2O2S. The third-order valence-electron chi connectivity index (χ3n) is 3.11. The number of nitrogen functional groups attached to an aromatic ring is 1. The minimum Gasteiger partial charge on any atom is -0.398 e. The second-order valence-electron chi connectivity index (χ2n) is 4.63. The Kier molecular flexibility index (Phi) is 4.11. The molecule has 3 N–H and O–H groups in total. The van der Waals surface area contributed by atoms with Crippen molar-refractivity contribution in [2.75, 3.05) is 10.5 Å². The van der Waals surface area contributed by atoms with Gasteiger partial charge < -0.3 is 5.73 Å². The fraction of sp³-hybridized carbons (Fsp3) is 0.143. The van der Waals surface area contributed by atoms with Crippen LogP contribution < -0.4 is 10.5 Å². The smallest absolute Gasteiger partial charge is 0.262 e. The zero-order chi connectivity index (χ0) is 15.8. The van der Waals surface area contributed by atoms with Gasteiger partial charge in [-0.3, -0.25) is 4.72 Å². The van der Waals surface area contributed by atoms with Crippen molar-refractivity contribution < 1.29 is 12.8 Å². The molecule has 4 nitrogen and oxygen atoms in total. The lowest BCUT2D eigenvalue weighted by Gasteiger charge is -2.15. The van der Waals surface area contributed by atoms with Crippen LogP contribution >= 0.6 is 11.6 Å². The van der Waals surface area contributed by atoms with Crippen LogP contribution in [0, 0.1) is 19.7 Å². The summed E-state index contributed by atoms with van der Waals surface area (Å²) in [5.74, 6) is -0.818. The van der Waals surface area contributed by atoms with Gasteiger partial charge in [-0.05, 0) is 43.2 Å². The van der Waals surface area contributed by atoms with Crippen molar-refractivity contribution >= 4 is 33.0 Å². The Bertz CT molecular complexity index is 807. The van der Waals surface area contributed by atoms with Gasteiger partial charge in [0.25, 0.3) is 10.0 Å². The summed E-state index contributed by atoms with van der Waals surface area (Å²) in [4.78, 5) is 0.0434. The zero-order valence-corrected chi connectivity index (χ0v) is 13.0. The van der Waals surface area contributed by atoms with Gasteiger partial charge in [0.2, 0.25) is 0 Å². The fourth-order valence-electron chi connectivity index (χ4n) is 2.03. The molecule has 2 rings (SSSR count). The summed E-state index contributed by atoms with van der Waals surface area (Å²) in [5, 5.41) is -0.156. The number of aryl methyl sites for hydroxylation is 1. The van der Waals surface area contributed by atoms with Crippen molar-refractivity contribution in [3.05, 3.63) is 52.3 Å². The highest BCUT2D eigenvalue weighted by Gasteiger charge is 2.22. The summed E-state index contributed by atoms with van der Waals surface area (Å²) in [6, 6.07) is 7.33. The van der Waals surface area contributed by atoms with E-state index in [9.17, 15) is 12.8 Å². The van der Waals surface area contributed by atoms with E-state index in [0.29, 0.717) is 16.8 Å². The molecule has 0 radical (unpaired) electrons. The predicted molar refractivity (Wildman–Crippen MR) is 82.5 cm³/mol. The van der Waals surface area contributed by atoms with E-state index < -0.39 is 15.8 Å². The molecule has 0 spiro atoms. The molecule has 0 amide bonds. The molecule has 2 aromatic carbocycles. The highest BCUT2D eigenvalue weighted by Crippen LogP contribution is 2.29. The van der Waals surface area contributed by atoms with E-state index in [2.05, 4.69) is 4.72 Å². The van der Waals surface area contributed by atoms with Gasteiger partial charge in [-0.2, -0.15) is 0 Å². The molecule has 0 fully saturated rings. The average molecular weight is 329 g/mol.